The van der Waals surface area contributed by atoms with E-state index in [2.05, 4.69) is 11.8 Å². The third-order valence-corrected chi connectivity index (χ3v) is 5.50. The van der Waals surface area contributed by atoms with Crippen molar-refractivity contribution in [3.63, 3.8) is 0 Å². The molecular weight excluding hydrogens is 286 g/mol. The summed E-state index contributed by atoms with van der Waals surface area (Å²) in [6, 6.07) is 6.44. The smallest absolute Gasteiger partial charge is 0.243 e. The van der Waals surface area contributed by atoms with Crippen molar-refractivity contribution in [2.45, 2.75) is 38.1 Å². The van der Waals surface area contributed by atoms with E-state index in [0.717, 1.165) is 5.56 Å². The van der Waals surface area contributed by atoms with E-state index < -0.39 is 10.0 Å². The van der Waals surface area contributed by atoms with Gasteiger partial charge < -0.3 is 5.11 Å². The Morgan fingerprint density at radius 3 is 2.24 bits per heavy atom. The van der Waals surface area contributed by atoms with Crippen LogP contribution in [0.2, 0.25) is 0 Å². The number of aliphatic hydroxyl groups is 1. The Bertz CT molecular complexity index is 609. The van der Waals surface area contributed by atoms with Gasteiger partial charge in [-0.15, -0.1) is 0 Å². The summed E-state index contributed by atoms with van der Waals surface area (Å²) in [6.07, 6.45) is 0.411. The number of sulfonamides is 1. The molecule has 0 aromatic heterocycles. The number of hydrogen-bond acceptors (Lipinski definition) is 3. The minimum atomic E-state index is -3.48. The average molecular weight is 309 g/mol. The van der Waals surface area contributed by atoms with Gasteiger partial charge in [0.15, 0.2) is 0 Å². The fraction of sp³-hybridized carbons (Fsp3) is 0.500. The minimum absolute atomic E-state index is 0.0251. The summed E-state index contributed by atoms with van der Waals surface area (Å²) in [4.78, 5) is 0.269. The van der Waals surface area contributed by atoms with E-state index in [1.807, 2.05) is 20.8 Å². The Hall–Kier alpha value is -1.35. The van der Waals surface area contributed by atoms with Gasteiger partial charge in [0.25, 0.3) is 0 Å². The quantitative estimate of drug-likeness (QED) is 0.847. The van der Waals surface area contributed by atoms with E-state index in [1.54, 1.807) is 31.3 Å². The molecule has 0 fully saturated rings. The molecule has 1 atom stereocenters. The molecule has 0 aliphatic heterocycles. The molecule has 4 nitrogen and oxygen atoms in total. The fourth-order valence-electron chi connectivity index (χ4n) is 1.74. The Balaban J connectivity index is 2.98. The lowest BCUT2D eigenvalue weighted by molar-refractivity contribution is 0.305. The molecule has 0 spiro atoms. The maximum absolute atomic E-state index is 12.5. The molecule has 0 heterocycles. The van der Waals surface area contributed by atoms with E-state index in [-0.39, 0.29) is 23.5 Å². The van der Waals surface area contributed by atoms with Gasteiger partial charge in [0.1, 0.15) is 0 Å². The third-order valence-electron chi connectivity index (χ3n) is 3.54. The van der Waals surface area contributed by atoms with Crippen molar-refractivity contribution in [1.29, 1.82) is 0 Å². The number of benzene rings is 1. The second kappa shape index (κ2) is 7.60. The van der Waals surface area contributed by atoms with Gasteiger partial charge in [-0.3, -0.25) is 0 Å². The van der Waals surface area contributed by atoms with Crippen molar-refractivity contribution in [2.75, 3.05) is 13.7 Å². The van der Waals surface area contributed by atoms with Gasteiger partial charge >= 0.3 is 0 Å². The molecule has 1 N–H and O–H groups in total. The minimum Gasteiger partial charge on any atom is -0.395 e. The van der Waals surface area contributed by atoms with Crippen LogP contribution in [0, 0.1) is 17.8 Å². The fourth-order valence-corrected chi connectivity index (χ4v) is 3.23. The molecule has 0 amide bonds. The van der Waals surface area contributed by atoms with Gasteiger partial charge in [-0.25, -0.2) is 8.42 Å². The van der Waals surface area contributed by atoms with Crippen molar-refractivity contribution < 1.29 is 13.5 Å². The van der Waals surface area contributed by atoms with E-state index in [0.29, 0.717) is 6.42 Å². The van der Waals surface area contributed by atoms with E-state index in [4.69, 9.17) is 5.11 Å². The lowest BCUT2D eigenvalue weighted by Gasteiger charge is -2.27. The molecule has 1 aromatic carbocycles. The molecular formula is C16H23NO3S. The van der Waals surface area contributed by atoms with Crippen molar-refractivity contribution in [3.05, 3.63) is 29.8 Å². The summed E-state index contributed by atoms with van der Waals surface area (Å²) in [5.41, 5.74) is 0.738. The molecule has 0 bridgehead atoms. The zero-order valence-corrected chi connectivity index (χ0v) is 13.8. The van der Waals surface area contributed by atoms with Crippen LogP contribution in [0.15, 0.2) is 29.2 Å². The van der Waals surface area contributed by atoms with E-state index >= 15 is 0 Å². The van der Waals surface area contributed by atoms with Crippen LogP contribution >= 0.6 is 0 Å². The van der Waals surface area contributed by atoms with E-state index in [1.165, 1.54) is 4.31 Å². The Morgan fingerprint density at radius 1 is 1.19 bits per heavy atom. The molecule has 5 heteroatoms. The van der Waals surface area contributed by atoms with Crippen molar-refractivity contribution >= 4 is 10.0 Å². The van der Waals surface area contributed by atoms with Crippen LogP contribution in [0.25, 0.3) is 0 Å². The van der Waals surface area contributed by atoms with Crippen molar-refractivity contribution in [1.82, 2.24) is 4.31 Å². The first-order valence-electron chi connectivity index (χ1n) is 6.98. The van der Waals surface area contributed by atoms with Crippen LogP contribution in [-0.2, 0) is 10.0 Å². The summed E-state index contributed by atoms with van der Waals surface area (Å²) in [7, 11) is -1.87. The molecule has 0 aliphatic rings. The second-order valence-electron chi connectivity index (χ2n) is 5.31. The van der Waals surface area contributed by atoms with E-state index in [9.17, 15) is 8.42 Å². The first-order chi connectivity index (χ1) is 9.80. The number of rotatable bonds is 5. The summed E-state index contributed by atoms with van der Waals surface area (Å²) >= 11 is 0. The summed E-state index contributed by atoms with van der Waals surface area (Å²) < 4.78 is 26.4. The van der Waals surface area contributed by atoms with Gasteiger partial charge in [-0.05, 0) is 37.1 Å². The average Bonchev–Trinajstić information content (AvgIpc) is 2.46. The molecule has 116 valence electrons. The predicted octanol–water partition coefficient (Wildman–Crippen LogP) is 2.09. The van der Waals surface area contributed by atoms with Crippen molar-refractivity contribution in [3.8, 4) is 11.8 Å². The van der Waals surface area contributed by atoms with Crippen molar-refractivity contribution in [2.24, 2.45) is 5.92 Å². The molecule has 1 unspecified atom stereocenters. The van der Waals surface area contributed by atoms with Crippen LogP contribution in [0.3, 0.4) is 0 Å². The molecule has 0 saturated heterocycles. The lowest BCUT2D eigenvalue weighted by Crippen LogP contribution is -2.38. The molecule has 1 rings (SSSR count). The largest absolute Gasteiger partial charge is 0.395 e. The zero-order valence-electron chi connectivity index (χ0n) is 13.0. The lowest BCUT2D eigenvalue weighted by atomic mass is 10.1. The first kappa shape index (κ1) is 17.7. The molecule has 0 saturated carbocycles. The highest BCUT2D eigenvalue weighted by Crippen LogP contribution is 2.20. The molecule has 0 aliphatic carbocycles. The first-order valence-corrected chi connectivity index (χ1v) is 8.42. The normalized spacial score (nSPS) is 13.1. The molecule has 1 aromatic rings. The standard InChI is InChI=1S/C16H23NO3S/c1-13(2)14(3)17(4)21(19,20)16-10-8-15(9-11-16)7-5-6-12-18/h8-11,13-14,18H,6,12H2,1-4H3. The summed E-state index contributed by atoms with van der Waals surface area (Å²) in [6.45, 7) is 5.92. The zero-order chi connectivity index (χ0) is 16.0. The monoisotopic (exact) mass is 309 g/mol. The highest BCUT2D eigenvalue weighted by Gasteiger charge is 2.26. The maximum atomic E-state index is 12.5. The maximum Gasteiger partial charge on any atom is 0.243 e. The van der Waals surface area contributed by atoms with Crippen LogP contribution in [-0.4, -0.2) is 37.5 Å². The van der Waals surface area contributed by atoms with Gasteiger partial charge in [-0.2, -0.15) is 4.31 Å². The second-order valence-corrected chi connectivity index (χ2v) is 7.30. The van der Waals surface area contributed by atoms with Crippen LogP contribution in [0.5, 0.6) is 0 Å². The Labute approximate surface area is 127 Å². The van der Waals surface area contributed by atoms with Crippen LogP contribution < -0.4 is 0 Å². The molecule has 21 heavy (non-hydrogen) atoms. The number of aliphatic hydroxyl groups excluding tert-OH is 1. The highest BCUT2D eigenvalue weighted by atomic mass is 32.2. The van der Waals surface area contributed by atoms with Crippen LogP contribution in [0.1, 0.15) is 32.8 Å². The SMILES string of the molecule is CC(C)C(C)N(C)S(=O)(=O)c1ccc(C#CCCO)cc1. The number of hydrogen-bond donors (Lipinski definition) is 1. The van der Waals surface area contributed by atoms with Crippen LogP contribution in [0.4, 0.5) is 0 Å². The number of nitrogens with zero attached hydrogens (tertiary/aromatic N) is 1. The topological polar surface area (TPSA) is 57.6 Å². The van der Waals surface area contributed by atoms with Gasteiger partial charge in [-0.1, -0.05) is 25.7 Å². The molecule has 0 radical (unpaired) electrons. The summed E-state index contributed by atoms with van der Waals surface area (Å²) in [5.74, 6) is 5.93. The summed E-state index contributed by atoms with van der Waals surface area (Å²) in [5, 5.41) is 8.67. The Kier molecular flexibility index (Phi) is 6.41. The predicted molar refractivity (Wildman–Crippen MR) is 84.3 cm³/mol. The van der Waals surface area contributed by atoms with Gasteiger partial charge in [0, 0.05) is 25.1 Å². The highest BCUT2D eigenvalue weighted by molar-refractivity contribution is 7.89. The Morgan fingerprint density at radius 2 is 1.76 bits per heavy atom. The van der Waals surface area contributed by atoms with Gasteiger partial charge in [0.05, 0.1) is 11.5 Å². The van der Waals surface area contributed by atoms with Gasteiger partial charge in [0.2, 0.25) is 10.0 Å². The third kappa shape index (κ3) is 4.57.